The van der Waals surface area contributed by atoms with E-state index in [1.54, 1.807) is 0 Å². The topological polar surface area (TPSA) is 59.0 Å². The molecule has 0 spiro atoms. The van der Waals surface area contributed by atoms with Gasteiger partial charge in [-0.25, -0.2) is 0 Å². The van der Waals surface area contributed by atoms with E-state index in [1.165, 1.54) is 11.1 Å². The zero-order chi connectivity index (χ0) is 51.2. The molecule has 0 unspecified atom stereocenters. The Hall–Kier alpha value is -9.26. The zero-order valence-corrected chi connectivity index (χ0v) is 43.2. The number of furan rings is 4. The van der Waals surface area contributed by atoms with Gasteiger partial charge in [0.25, 0.3) is 0 Å². The predicted molar refractivity (Wildman–Crippen MR) is 317 cm³/mol. The van der Waals surface area contributed by atoms with Gasteiger partial charge in [-0.3, -0.25) is 0 Å². The van der Waals surface area contributed by atoms with Gasteiger partial charge in [0.05, 0.1) is 55.7 Å². The predicted octanol–water partition coefficient (Wildman–Crippen LogP) is 21.1. The van der Waals surface area contributed by atoms with E-state index in [4.69, 9.17) is 17.7 Å². The quantitative estimate of drug-likeness (QED) is 0.122. The molecule has 0 aliphatic rings. The Morgan fingerprint density at radius 3 is 0.789 bits per heavy atom. The Kier molecular flexibility index (Phi) is 9.38. The molecule has 11 aromatic carbocycles. The van der Waals surface area contributed by atoms with Crippen molar-refractivity contribution in [1.29, 1.82) is 0 Å². The normalized spacial score (nSPS) is 12.6. The summed E-state index contributed by atoms with van der Waals surface area (Å²) in [6.45, 7) is 13.8. The molecule has 0 bridgehead atoms. The van der Waals surface area contributed by atoms with Crippen LogP contribution in [0.3, 0.4) is 0 Å². The van der Waals surface area contributed by atoms with Gasteiger partial charge in [-0.1, -0.05) is 163 Å². The number of nitrogens with zero attached hydrogens (tertiary/aromatic N) is 2. The second-order valence-corrected chi connectivity index (χ2v) is 22.4. The molecule has 0 aliphatic heterocycles. The van der Waals surface area contributed by atoms with Crippen molar-refractivity contribution in [3.63, 3.8) is 0 Å². The molecule has 15 rings (SSSR count). The molecule has 0 atom stereocenters. The molecule has 0 fully saturated rings. The Morgan fingerprint density at radius 2 is 0.513 bits per heavy atom. The van der Waals surface area contributed by atoms with Crippen LogP contribution in [0.5, 0.6) is 0 Å². The lowest BCUT2D eigenvalue weighted by atomic mass is 9.82. The summed E-state index contributed by atoms with van der Waals surface area (Å²) < 4.78 is 27.0. The average Bonchev–Trinajstić information content (AvgIpc) is 4.25. The molecule has 4 heterocycles. The molecule has 0 saturated carbocycles. The lowest BCUT2D eigenvalue weighted by Crippen LogP contribution is -2.17. The number of para-hydroxylation sites is 4. The summed E-state index contributed by atoms with van der Waals surface area (Å²) in [4.78, 5) is 5.04. The van der Waals surface area contributed by atoms with Gasteiger partial charge < -0.3 is 27.5 Å². The van der Waals surface area contributed by atoms with Gasteiger partial charge in [-0.2, -0.15) is 0 Å². The highest BCUT2D eigenvalue weighted by molar-refractivity contribution is 6.29. The molecular formula is C70H52N2O4. The lowest BCUT2D eigenvalue weighted by molar-refractivity contribution is 0.590. The van der Waals surface area contributed by atoms with Gasteiger partial charge in [-0.05, 0) is 107 Å². The molecule has 6 nitrogen and oxygen atoms in total. The van der Waals surface area contributed by atoms with Gasteiger partial charge >= 0.3 is 0 Å². The van der Waals surface area contributed by atoms with Crippen molar-refractivity contribution >= 4 is 143 Å². The Bertz CT molecular complexity index is 4340. The van der Waals surface area contributed by atoms with E-state index in [-0.39, 0.29) is 10.8 Å². The van der Waals surface area contributed by atoms with E-state index in [1.807, 2.05) is 24.3 Å². The number of anilines is 6. The van der Waals surface area contributed by atoms with Crippen LogP contribution in [-0.2, 0) is 10.8 Å². The van der Waals surface area contributed by atoms with Crippen molar-refractivity contribution in [2.45, 2.75) is 52.4 Å². The largest absolute Gasteiger partial charge is 0.456 e. The third-order valence-corrected chi connectivity index (χ3v) is 15.7. The molecule has 76 heavy (non-hydrogen) atoms. The number of rotatable bonds is 6. The van der Waals surface area contributed by atoms with Crippen LogP contribution >= 0.6 is 0 Å². The first-order valence-corrected chi connectivity index (χ1v) is 26.2. The van der Waals surface area contributed by atoms with E-state index in [0.29, 0.717) is 0 Å². The fourth-order valence-electron chi connectivity index (χ4n) is 12.1. The van der Waals surface area contributed by atoms with Crippen molar-refractivity contribution in [2.75, 3.05) is 9.80 Å². The van der Waals surface area contributed by atoms with Crippen LogP contribution in [0.1, 0.15) is 52.7 Å². The van der Waals surface area contributed by atoms with E-state index >= 15 is 0 Å². The maximum absolute atomic E-state index is 6.75. The van der Waals surface area contributed by atoms with Gasteiger partial charge in [0.2, 0.25) is 0 Å². The molecule has 6 heteroatoms. The first kappa shape index (κ1) is 44.2. The van der Waals surface area contributed by atoms with Crippen LogP contribution in [0.25, 0.3) is 109 Å². The average molecular weight is 985 g/mol. The monoisotopic (exact) mass is 984 g/mol. The summed E-state index contributed by atoms with van der Waals surface area (Å²) in [5.41, 5.74) is 14.7. The number of hydrogen-bond donors (Lipinski definition) is 0. The minimum absolute atomic E-state index is 0.203. The van der Waals surface area contributed by atoms with Gasteiger partial charge in [0, 0.05) is 43.1 Å². The molecule has 0 aliphatic carbocycles. The summed E-state index contributed by atoms with van der Waals surface area (Å²) in [5, 5.41) is 12.7. The summed E-state index contributed by atoms with van der Waals surface area (Å²) in [5.74, 6) is 0. The third kappa shape index (κ3) is 6.53. The minimum atomic E-state index is -0.203. The maximum atomic E-state index is 6.75. The van der Waals surface area contributed by atoms with Gasteiger partial charge in [0.1, 0.15) is 44.7 Å². The van der Waals surface area contributed by atoms with E-state index in [2.05, 4.69) is 233 Å². The maximum Gasteiger partial charge on any atom is 0.137 e. The van der Waals surface area contributed by atoms with Crippen LogP contribution in [0.2, 0.25) is 0 Å². The smallest absolute Gasteiger partial charge is 0.137 e. The third-order valence-electron chi connectivity index (χ3n) is 15.7. The molecule has 15 aromatic rings. The second kappa shape index (κ2) is 16.1. The number of benzene rings is 11. The molecule has 0 amide bonds. The molecule has 366 valence electrons. The van der Waals surface area contributed by atoms with Gasteiger partial charge in [0.15, 0.2) is 0 Å². The van der Waals surface area contributed by atoms with Crippen LogP contribution in [0.4, 0.5) is 34.1 Å². The van der Waals surface area contributed by atoms with E-state index < -0.39 is 0 Å². The summed E-state index contributed by atoms with van der Waals surface area (Å²) in [6.07, 6.45) is 0. The highest BCUT2D eigenvalue weighted by Gasteiger charge is 2.33. The van der Waals surface area contributed by atoms with Gasteiger partial charge in [-0.15, -0.1) is 0 Å². The molecule has 0 saturated heterocycles. The molecular weight excluding hydrogens is 933 g/mol. The number of hydrogen-bond acceptors (Lipinski definition) is 6. The van der Waals surface area contributed by atoms with Crippen molar-refractivity contribution < 1.29 is 17.7 Å². The summed E-state index contributed by atoms with van der Waals surface area (Å²) >= 11 is 0. The first-order valence-electron chi connectivity index (χ1n) is 26.2. The Labute approximate surface area is 438 Å². The lowest BCUT2D eigenvalue weighted by Gasteiger charge is -2.35. The fraction of sp³-hybridized carbons (Fsp3) is 0.114. The van der Waals surface area contributed by atoms with Crippen molar-refractivity contribution in [3.8, 4) is 0 Å². The molecule has 4 aromatic heterocycles. The zero-order valence-electron chi connectivity index (χ0n) is 43.2. The summed E-state index contributed by atoms with van der Waals surface area (Å²) in [7, 11) is 0. The number of fused-ring (bicyclic) bond motifs is 14. The van der Waals surface area contributed by atoms with Crippen molar-refractivity contribution in [3.05, 3.63) is 217 Å². The summed E-state index contributed by atoms with van der Waals surface area (Å²) in [6, 6.07) is 73.9. The van der Waals surface area contributed by atoms with Crippen LogP contribution in [0, 0.1) is 0 Å². The second-order valence-electron chi connectivity index (χ2n) is 22.4. The first-order chi connectivity index (χ1) is 37.0. The van der Waals surface area contributed by atoms with Crippen LogP contribution in [0.15, 0.2) is 224 Å². The SMILES string of the molecule is CC(C)(C)c1ccc2c(N(c3cccc4oc5ccccc5c34)c3cccc4oc5ccccc5c34)c3cc(C(C)(C)C)ccc3c(N(c3cccc4oc5ccccc5c34)c3cccc4oc5ccccc5c34)c2c1. The standard InChI is InChI=1S/C70H52N2O4/c1-69(2,3)41-35-37-43-49(39-41)67(71(51-23-15-31-59-63(51)45-19-7-11-27-55(45)73-59)52-24-16-32-60-64(52)46-20-8-12-28-56(46)74-60)44-38-36-42(70(4,5)6)40-50(44)68(43)72(53-25-17-33-61-65(53)47-21-9-13-29-57(47)75-61)54-26-18-34-62-66(54)48-22-10-14-30-58(48)76-62/h7-40H,1-6H3. The Morgan fingerprint density at radius 1 is 0.250 bits per heavy atom. The van der Waals surface area contributed by atoms with E-state index in [9.17, 15) is 0 Å². The molecule has 0 N–H and O–H groups in total. The highest BCUT2D eigenvalue weighted by Crippen LogP contribution is 2.57. The molecule has 0 radical (unpaired) electrons. The van der Waals surface area contributed by atoms with E-state index in [0.717, 1.165) is 143 Å². The minimum Gasteiger partial charge on any atom is -0.456 e. The van der Waals surface area contributed by atoms with Crippen molar-refractivity contribution in [1.82, 2.24) is 0 Å². The highest BCUT2D eigenvalue weighted by atomic mass is 16.3. The fourth-order valence-corrected chi connectivity index (χ4v) is 12.1. The van der Waals surface area contributed by atoms with Crippen molar-refractivity contribution in [2.24, 2.45) is 0 Å². The van der Waals surface area contributed by atoms with Crippen LogP contribution in [-0.4, -0.2) is 0 Å². The van der Waals surface area contributed by atoms with Crippen LogP contribution < -0.4 is 9.80 Å². The Balaban J connectivity index is 1.18.